The highest BCUT2D eigenvalue weighted by molar-refractivity contribution is 6.02. The Morgan fingerprint density at radius 2 is 1.94 bits per heavy atom. The van der Waals surface area contributed by atoms with Crippen molar-refractivity contribution in [3.63, 3.8) is 0 Å². The normalized spacial score (nSPS) is 29.6. The van der Waals surface area contributed by atoms with Crippen LogP contribution in [0.15, 0.2) is 30.3 Å². The molecule has 5 rings (SSSR count). The molecule has 174 valence electrons. The highest BCUT2D eigenvalue weighted by Crippen LogP contribution is 2.50. The van der Waals surface area contributed by atoms with Gasteiger partial charge in [-0.05, 0) is 35.7 Å². The van der Waals surface area contributed by atoms with Crippen LogP contribution in [0, 0.1) is 0 Å². The minimum atomic E-state index is -1.62. The second kappa shape index (κ2) is 7.91. The first-order valence-electron chi connectivity index (χ1n) is 10.7. The van der Waals surface area contributed by atoms with Crippen LogP contribution in [-0.2, 0) is 6.42 Å². The Hall–Kier alpha value is -3.34. The summed E-state index contributed by atoms with van der Waals surface area (Å²) in [6.07, 6.45) is -3.95. The monoisotopic (exact) mass is 456 g/mol. The number of rotatable bonds is 3. The number of phenolic OH excluding ortho intramolecular Hbond substituents is 1. The molecule has 6 unspecified atom stereocenters. The predicted molar refractivity (Wildman–Crippen MR) is 113 cm³/mol. The maximum absolute atomic E-state index is 13.1. The van der Waals surface area contributed by atoms with Gasteiger partial charge in [0.2, 0.25) is 12.5 Å². The number of aliphatic hydroxyl groups is 3. The molecule has 2 aliphatic heterocycles. The largest absolute Gasteiger partial charge is 0.504 e. The molecule has 0 saturated heterocycles. The number of hydrogen-bond acceptors (Lipinski definition) is 8. The number of hydrogen-bond donors (Lipinski definition) is 6. The second-order valence-electron chi connectivity index (χ2n) is 8.47. The lowest BCUT2D eigenvalue weighted by atomic mass is 9.68. The minimum Gasteiger partial charge on any atom is -0.504 e. The SMILES string of the molecule is CCc1cccc(C(=O)NC2C(O)C(O)C(O)C3NC(=O)c4c(cc5c(c4O)OCO5)C23)c1. The number of phenols is 1. The van der Waals surface area contributed by atoms with E-state index in [2.05, 4.69) is 10.6 Å². The summed E-state index contributed by atoms with van der Waals surface area (Å²) in [6, 6.07) is 6.38. The van der Waals surface area contributed by atoms with Crippen LogP contribution in [0.25, 0.3) is 0 Å². The quantitative estimate of drug-likeness (QED) is 0.370. The molecule has 2 amide bonds. The number of nitrogens with one attached hydrogen (secondary N) is 2. The van der Waals surface area contributed by atoms with Crippen molar-refractivity contribution in [2.24, 2.45) is 0 Å². The number of fused-ring (bicyclic) bond motifs is 4. The van der Waals surface area contributed by atoms with Crippen LogP contribution in [-0.4, -0.2) is 69.4 Å². The molecule has 1 fully saturated rings. The van der Waals surface area contributed by atoms with Crippen LogP contribution in [0.4, 0.5) is 0 Å². The van der Waals surface area contributed by atoms with Crippen molar-refractivity contribution >= 4 is 11.8 Å². The topological polar surface area (TPSA) is 158 Å². The number of carbonyl (C=O) groups excluding carboxylic acids is 2. The van der Waals surface area contributed by atoms with Gasteiger partial charge < -0.3 is 40.5 Å². The summed E-state index contributed by atoms with van der Waals surface area (Å²) < 4.78 is 10.6. The molecule has 2 aromatic carbocycles. The van der Waals surface area contributed by atoms with Gasteiger partial charge in [-0.1, -0.05) is 19.1 Å². The van der Waals surface area contributed by atoms with Gasteiger partial charge in [0.05, 0.1) is 17.6 Å². The maximum atomic E-state index is 13.1. The van der Waals surface area contributed by atoms with Gasteiger partial charge in [-0.15, -0.1) is 0 Å². The van der Waals surface area contributed by atoms with Crippen LogP contribution in [0.3, 0.4) is 0 Å². The first kappa shape index (κ1) is 21.5. The zero-order valence-corrected chi connectivity index (χ0v) is 17.7. The molecule has 2 heterocycles. The van der Waals surface area contributed by atoms with Gasteiger partial charge in [0, 0.05) is 11.5 Å². The highest BCUT2D eigenvalue weighted by atomic mass is 16.7. The van der Waals surface area contributed by atoms with E-state index in [9.17, 15) is 30.0 Å². The van der Waals surface area contributed by atoms with E-state index in [1.807, 2.05) is 13.0 Å². The molecule has 1 saturated carbocycles. The molecule has 0 aromatic heterocycles. The van der Waals surface area contributed by atoms with Gasteiger partial charge in [0.1, 0.15) is 18.3 Å². The van der Waals surface area contributed by atoms with Gasteiger partial charge in [0.15, 0.2) is 11.5 Å². The van der Waals surface area contributed by atoms with Gasteiger partial charge in [-0.3, -0.25) is 9.59 Å². The maximum Gasteiger partial charge on any atom is 0.255 e. The van der Waals surface area contributed by atoms with Gasteiger partial charge in [0.25, 0.3) is 11.8 Å². The minimum absolute atomic E-state index is 0.0243. The van der Waals surface area contributed by atoms with Crippen LogP contribution in [0.5, 0.6) is 17.2 Å². The third-order valence-electron chi connectivity index (χ3n) is 6.66. The van der Waals surface area contributed by atoms with Crippen molar-refractivity contribution < 1.29 is 39.5 Å². The van der Waals surface area contributed by atoms with Crippen molar-refractivity contribution in [1.82, 2.24) is 10.6 Å². The second-order valence-corrected chi connectivity index (χ2v) is 8.47. The molecule has 0 bridgehead atoms. The van der Waals surface area contributed by atoms with Gasteiger partial charge in [-0.2, -0.15) is 0 Å². The molecule has 10 nitrogen and oxygen atoms in total. The van der Waals surface area contributed by atoms with Crippen LogP contribution < -0.4 is 20.1 Å². The number of carbonyl (C=O) groups is 2. The van der Waals surface area contributed by atoms with E-state index in [-0.39, 0.29) is 29.4 Å². The molecular weight excluding hydrogens is 432 g/mol. The zero-order valence-electron chi connectivity index (χ0n) is 17.7. The Labute approximate surface area is 188 Å². The molecule has 6 atom stereocenters. The lowest BCUT2D eigenvalue weighted by Crippen LogP contribution is -2.69. The first-order valence-corrected chi connectivity index (χ1v) is 10.7. The lowest BCUT2D eigenvalue weighted by molar-refractivity contribution is -0.117. The fraction of sp³-hybridized carbons (Fsp3) is 0.391. The summed E-state index contributed by atoms with van der Waals surface area (Å²) in [6.45, 7) is 1.82. The van der Waals surface area contributed by atoms with Crippen LogP contribution in [0.1, 0.15) is 44.7 Å². The third-order valence-corrected chi connectivity index (χ3v) is 6.66. The Morgan fingerprint density at radius 1 is 1.15 bits per heavy atom. The molecule has 0 radical (unpaired) electrons. The first-order chi connectivity index (χ1) is 15.8. The van der Waals surface area contributed by atoms with E-state index in [1.54, 1.807) is 18.2 Å². The van der Waals surface area contributed by atoms with E-state index >= 15 is 0 Å². The highest BCUT2D eigenvalue weighted by Gasteiger charge is 2.54. The lowest BCUT2D eigenvalue weighted by Gasteiger charge is -2.49. The molecule has 3 aliphatic rings. The number of benzene rings is 2. The van der Waals surface area contributed by atoms with Gasteiger partial charge >= 0.3 is 0 Å². The van der Waals surface area contributed by atoms with E-state index in [1.165, 1.54) is 6.07 Å². The summed E-state index contributed by atoms with van der Waals surface area (Å²) in [7, 11) is 0. The molecule has 10 heteroatoms. The fourth-order valence-corrected chi connectivity index (χ4v) is 4.95. The van der Waals surface area contributed by atoms with Crippen LogP contribution >= 0.6 is 0 Å². The standard InChI is InChI=1S/C23H24N2O8/c1-2-9-4-3-5-10(6-9)22(30)24-15-13-11-7-12-21(33-8-32-12)17(26)14(11)23(31)25-16(13)19(28)20(29)18(15)27/h3-7,13,15-16,18-20,26-29H,2,8H2,1H3,(H,24,30)(H,25,31). The number of aryl methyl sites for hydroxylation is 1. The summed E-state index contributed by atoms with van der Waals surface area (Å²) in [5.74, 6) is -2.23. The number of aliphatic hydroxyl groups excluding tert-OH is 3. The van der Waals surface area contributed by atoms with Crippen molar-refractivity contribution in [1.29, 1.82) is 0 Å². The average molecular weight is 456 g/mol. The van der Waals surface area contributed by atoms with Crippen LogP contribution in [0.2, 0.25) is 0 Å². The van der Waals surface area contributed by atoms with E-state index in [0.717, 1.165) is 12.0 Å². The summed E-state index contributed by atoms with van der Waals surface area (Å²) in [5.41, 5.74) is 1.49. The molecule has 1 aliphatic carbocycles. The Morgan fingerprint density at radius 3 is 2.70 bits per heavy atom. The summed E-state index contributed by atoms with van der Waals surface area (Å²) >= 11 is 0. The summed E-state index contributed by atoms with van der Waals surface area (Å²) in [5, 5.41) is 48.0. The van der Waals surface area contributed by atoms with Crippen molar-refractivity contribution in [2.75, 3.05) is 6.79 Å². The summed E-state index contributed by atoms with van der Waals surface area (Å²) in [4.78, 5) is 25.9. The van der Waals surface area contributed by atoms with E-state index < -0.39 is 53.9 Å². The molecule has 2 aromatic rings. The molecule has 33 heavy (non-hydrogen) atoms. The Bertz CT molecular complexity index is 1140. The van der Waals surface area contributed by atoms with Crippen molar-refractivity contribution in [3.8, 4) is 17.2 Å². The van der Waals surface area contributed by atoms with Crippen molar-refractivity contribution in [2.45, 2.75) is 49.7 Å². The number of aromatic hydroxyl groups is 1. The number of amides is 2. The van der Waals surface area contributed by atoms with E-state index in [0.29, 0.717) is 5.56 Å². The Balaban J connectivity index is 1.58. The fourth-order valence-electron chi connectivity index (χ4n) is 4.95. The predicted octanol–water partition coefficient (Wildman–Crippen LogP) is -0.226. The van der Waals surface area contributed by atoms with Gasteiger partial charge in [-0.25, -0.2) is 0 Å². The zero-order chi connectivity index (χ0) is 23.4. The molecular formula is C23H24N2O8. The molecule has 6 N–H and O–H groups in total. The van der Waals surface area contributed by atoms with E-state index in [4.69, 9.17) is 9.47 Å². The molecule has 0 spiro atoms. The average Bonchev–Trinajstić information content (AvgIpc) is 3.29. The number of ether oxygens (including phenoxy) is 2. The smallest absolute Gasteiger partial charge is 0.255 e. The third kappa shape index (κ3) is 3.29. The van der Waals surface area contributed by atoms with Crippen molar-refractivity contribution in [3.05, 3.63) is 52.6 Å². The Kier molecular flexibility index (Phi) is 5.15.